The average molecular weight is 457 g/mol. The highest BCUT2D eigenvalue weighted by Crippen LogP contribution is 2.39. The molecule has 5 nitrogen and oxygen atoms in total. The lowest BCUT2D eigenvalue weighted by molar-refractivity contribution is -0.146. The van der Waals surface area contributed by atoms with Crippen LogP contribution in [0.5, 0.6) is 0 Å². The van der Waals surface area contributed by atoms with Gasteiger partial charge in [-0.3, -0.25) is 9.59 Å². The largest absolute Gasteiger partial charge is 0.382 e. The molecular formula is C26H36N2O3S. The summed E-state index contributed by atoms with van der Waals surface area (Å²) in [6.07, 6.45) is 1.58. The van der Waals surface area contributed by atoms with E-state index in [-0.39, 0.29) is 24.4 Å². The Balaban J connectivity index is 1.85. The lowest BCUT2D eigenvalue weighted by atomic mass is 9.90. The first-order valence-corrected chi connectivity index (χ1v) is 12.4. The summed E-state index contributed by atoms with van der Waals surface area (Å²) in [5, 5.41) is 2.12. The molecule has 0 N–H and O–H groups in total. The second kappa shape index (κ2) is 10.6. The van der Waals surface area contributed by atoms with Gasteiger partial charge in [0.25, 0.3) is 0 Å². The van der Waals surface area contributed by atoms with E-state index in [2.05, 4.69) is 30.5 Å². The highest BCUT2D eigenvalue weighted by molar-refractivity contribution is 7.10. The standard InChI is InChI=1S/C26H36N2O3S/c1-6-31-16-9-14-27(25(30)26(3,4)5)18-23(29)28-15-12-22-21(13-17-32-22)24(28)20-11-8-7-10-19(20)2/h7-8,10-11,13,17,24H,6,9,12,14-16,18H2,1-5H3. The number of benzene rings is 1. The van der Waals surface area contributed by atoms with Crippen molar-refractivity contribution in [3.8, 4) is 0 Å². The maximum atomic E-state index is 13.7. The highest BCUT2D eigenvalue weighted by atomic mass is 32.1. The van der Waals surface area contributed by atoms with Crippen LogP contribution in [0.2, 0.25) is 0 Å². The molecule has 0 fully saturated rings. The summed E-state index contributed by atoms with van der Waals surface area (Å²) in [4.78, 5) is 31.8. The zero-order chi connectivity index (χ0) is 23.3. The van der Waals surface area contributed by atoms with Gasteiger partial charge in [0.05, 0.1) is 12.6 Å². The van der Waals surface area contributed by atoms with Crippen molar-refractivity contribution in [2.45, 2.75) is 53.5 Å². The summed E-state index contributed by atoms with van der Waals surface area (Å²) in [6.45, 7) is 12.3. The van der Waals surface area contributed by atoms with Crippen LogP contribution in [0.1, 0.15) is 61.7 Å². The number of thiophene rings is 1. The summed E-state index contributed by atoms with van der Waals surface area (Å²) in [5.74, 6) is 0.00661. The number of amides is 2. The summed E-state index contributed by atoms with van der Waals surface area (Å²) in [5.41, 5.74) is 3.01. The third-order valence-electron chi connectivity index (χ3n) is 5.95. The molecule has 2 heterocycles. The van der Waals surface area contributed by atoms with Crippen LogP contribution in [-0.2, 0) is 20.7 Å². The number of fused-ring (bicyclic) bond motifs is 1. The monoisotopic (exact) mass is 456 g/mol. The van der Waals surface area contributed by atoms with E-state index in [1.807, 2.05) is 44.7 Å². The van der Waals surface area contributed by atoms with E-state index < -0.39 is 5.41 Å². The van der Waals surface area contributed by atoms with Crippen LogP contribution >= 0.6 is 11.3 Å². The molecule has 2 amide bonds. The molecule has 1 aliphatic rings. The Morgan fingerprint density at radius 1 is 1.19 bits per heavy atom. The van der Waals surface area contributed by atoms with E-state index in [1.165, 1.54) is 16.0 Å². The van der Waals surface area contributed by atoms with Gasteiger partial charge in [-0.15, -0.1) is 11.3 Å². The Hall–Kier alpha value is -2.18. The first-order chi connectivity index (χ1) is 15.2. The number of hydrogen-bond donors (Lipinski definition) is 0. The van der Waals surface area contributed by atoms with Gasteiger partial charge in [-0.25, -0.2) is 0 Å². The van der Waals surface area contributed by atoms with Crippen LogP contribution in [0.25, 0.3) is 0 Å². The van der Waals surface area contributed by atoms with Gasteiger partial charge >= 0.3 is 0 Å². The molecule has 1 aromatic carbocycles. The summed E-state index contributed by atoms with van der Waals surface area (Å²) < 4.78 is 5.46. The lowest BCUT2D eigenvalue weighted by Crippen LogP contribution is -2.49. The fourth-order valence-corrected chi connectivity index (χ4v) is 5.20. The molecule has 32 heavy (non-hydrogen) atoms. The Kier molecular flexibility index (Phi) is 8.12. The number of carbonyl (C=O) groups excluding carboxylic acids is 2. The highest BCUT2D eigenvalue weighted by Gasteiger charge is 2.36. The maximum Gasteiger partial charge on any atom is 0.242 e. The molecule has 0 bridgehead atoms. The van der Waals surface area contributed by atoms with E-state index in [9.17, 15) is 9.59 Å². The summed E-state index contributed by atoms with van der Waals surface area (Å²) in [6, 6.07) is 10.3. The number of ether oxygens (including phenoxy) is 1. The minimum atomic E-state index is -0.538. The lowest BCUT2D eigenvalue weighted by Gasteiger charge is -2.39. The number of carbonyl (C=O) groups is 2. The second-order valence-electron chi connectivity index (χ2n) is 9.42. The van der Waals surface area contributed by atoms with Gasteiger partial charge in [-0.2, -0.15) is 0 Å². The third-order valence-corrected chi connectivity index (χ3v) is 6.94. The van der Waals surface area contributed by atoms with Crippen molar-refractivity contribution in [1.29, 1.82) is 0 Å². The topological polar surface area (TPSA) is 49.9 Å². The van der Waals surface area contributed by atoms with Gasteiger partial charge in [0.2, 0.25) is 11.8 Å². The maximum absolute atomic E-state index is 13.7. The van der Waals surface area contributed by atoms with E-state index in [1.54, 1.807) is 16.2 Å². The molecule has 0 radical (unpaired) electrons. The zero-order valence-corrected chi connectivity index (χ0v) is 20.8. The number of nitrogens with zero attached hydrogens (tertiary/aromatic N) is 2. The second-order valence-corrected chi connectivity index (χ2v) is 10.4. The molecule has 1 aromatic heterocycles. The third kappa shape index (κ3) is 5.59. The summed E-state index contributed by atoms with van der Waals surface area (Å²) >= 11 is 1.76. The quantitative estimate of drug-likeness (QED) is 0.535. The first-order valence-electron chi connectivity index (χ1n) is 11.5. The normalized spacial score (nSPS) is 16.0. The van der Waals surface area contributed by atoms with E-state index >= 15 is 0 Å². The van der Waals surface area contributed by atoms with E-state index in [4.69, 9.17) is 4.74 Å². The van der Waals surface area contributed by atoms with Crippen molar-refractivity contribution in [2.24, 2.45) is 5.41 Å². The molecule has 0 saturated heterocycles. The molecule has 2 aromatic rings. The fourth-order valence-electron chi connectivity index (χ4n) is 4.30. The van der Waals surface area contributed by atoms with Crippen molar-refractivity contribution in [2.75, 3.05) is 32.8 Å². The van der Waals surface area contributed by atoms with E-state index in [0.29, 0.717) is 26.3 Å². The Labute approximate surface area is 196 Å². The first kappa shape index (κ1) is 24.5. The summed E-state index contributed by atoms with van der Waals surface area (Å²) in [7, 11) is 0. The van der Waals surface area contributed by atoms with Crippen molar-refractivity contribution in [3.63, 3.8) is 0 Å². The van der Waals surface area contributed by atoms with Gasteiger partial charge in [-0.1, -0.05) is 45.0 Å². The molecule has 0 spiro atoms. The fraction of sp³-hybridized carbons (Fsp3) is 0.538. The van der Waals surface area contributed by atoms with Crippen LogP contribution in [0.4, 0.5) is 0 Å². The molecule has 1 atom stereocenters. The SMILES string of the molecule is CCOCCCN(CC(=O)N1CCc2sccc2C1c1ccccc1C)C(=O)C(C)(C)C. The minimum Gasteiger partial charge on any atom is -0.382 e. The van der Waals surface area contributed by atoms with Crippen LogP contribution in [0.3, 0.4) is 0 Å². The van der Waals surface area contributed by atoms with Crippen LogP contribution in [-0.4, -0.2) is 54.5 Å². The molecule has 0 saturated carbocycles. The van der Waals surface area contributed by atoms with Gasteiger partial charge in [0.1, 0.15) is 0 Å². The molecular weight excluding hydrogens is 420 g/mol. The Morgan fingerprint density at radius 2 is 1.94 bits per heavy atom. The average Bonchev–Trinajstić information content (AvgIpc) is 3.23. The number of rotatable bonds is 8. The van der Waals surface area contributed by atoms with Gasteiger partial charge in [0.15, 0.2) is 0 Å². The predicted molar refractivity (Wildman–Crippen MR) is 130 cm³/mol. The smallest absolute Gasteiger partial charge is 0.242 e. The zero-order valence-electron chi connectivity index (χ0n) is 20.0. The molecule has 174 valence electrons. The molecule has 1 unspecified atom stereocenters. The molecule has 0 aliphatic carbocycles. The minimum absolute atomic E-state index is 0.00280. The Bertz CT molecular complexity index is 931. The van der Waals surface area contributed by atoms with Crippen molar-refractivity contribution < 1.29 is 14.3 Å². The van der Waals surface area contributed by atoms with Gasteiger partial charge < -0.3 is 14.5 Å². The van der Waals surface area contributed by atoms with Crippen LogP contribution < -0.4 is 0 Å². The molecule has 6 heteroatoms. The van der Waals surface area contributed by atoms with Crippen molar-refractivity contribution >= 4 is 23.2 Å². The Morgan fingerprint density at radius 3 is 2.62 bits per heavy atom. The number of aryl methyl sites for hydroxylation is 1. The van der Waals surface area contributed by atoms with Crippen LogP contribution in [0.15, 0.2) is 35.7 Å². The molecule has 1 aliphatic heterocycles. The predicted octanol–water partition coefficient (Wildman–Crippen LogP) is 4.83. The number of hydrogen-bond acceptors (Lipinski definition) is 4. The van der Waals surface area contributed by atoms with Crippen molar-refractivity contribution in [1.82, 2.24) is 9.80 Å². The molecule has 3 rings (SSSR count). The van der Waals surface area contributed by atoms with E-state index in [0.717, 1.165) is 18.4 Å². The van der Waals surface area contributed by atoms with Gasteiger partial charge in [0, 0.05) is 36.6 Å². The van der Waals surface area contributed by atoms with Crippen LogP contribution in [0, 0.1) is 12.3 Å². The van der Waals surface area contributed by atoms with Gasteiger partial charge in [-0.05, 0) is 54.8 Å². The van der Waals surface area contributed by atoms with Crippen molar-refractivity contribution in [3.05, 3.63) is 57.3 Å².